The minimum Gasteiger partial charge on any atom is -0.479 e. The molecule has 5 rings (SSSR count). The Hall–Kier alpha value is -4.57. The Labute approximate surface area is 206 Å². The number of nitrogens with one attached hydrogen (secondary N) is 1. The lowest BCUT2D eigenvalue weighted by atomic mass is 10.0. The van der Waals surface area contributed by atoms with Crippen molar-refractivity contribution in [1.29, 1.82) is 0 Å². The number of ether oxygens (including phenoxy) is 2. The minimum absolute atomic E-state index is 0.0764. The van der Waals surface area contributed by atoms with Crippen LogP contribution in [-0.4, -0.2) is 54.4 Å². The molecule has 1 aliphatic rings. The first kappa shape index (κ1) is 23.2. The summed E-state index contributed by atoms with van der Waals surface area (Å²) in [7, 11) is 1.55. The molecule has 1 N–H and O–H groups in total. The molecule has 0 spiro atoms. The number of rotatable bonds is 6. The summed E-state index contributed by atoms with van der Waals surface area (Å²) in [5.74, 6) is 0.0632. The fourth-order valence-electron chi connectivity index (χ4n) is 4.24. The number of hydrogen-bond acceptors (Lipinski definition) is 8. The van der Waals surface area contributed by atoms with Gasteiger partial charge in [0.15, 0.2) is 0 Å². The average Bonchev–Trinajstić information content (AvgIpc) is 2.93. The molecule has 0 aliphatic carbocycles. The smallest absolute Gasteiger partial charge is 0.269 e. The average molecular weight is 486 g/mol. The van der Waals surface area contributed by atoms with Crippen molar-refractivity contribution in [2.75, 3.05) is 43.6 Å². The maximum absolute atomic E-state index is 13.1. The van der Waals surface area contributed by atoms with Crippen LogP contribution in [-0.2, 0) is 4.74 Å². The molecule has 1 fully saturated rings. The molecule has 10 nitrogen and oxygen atoms in total. The summed E-state index contributed by atoms with van der Waals surface area (Å²) in [5, 5.41) is 24.3. The van der Waals surface area contributed by atoms with Crippen LogP contribution in [0.4, 0.5) is 17.1 Å². The molecule has 1 amide bonds. The van der Waals surface area contributed by atoms with Crippen molar-refractivity contribution in [1.82, 2.24) is 10.2 Å². The summed E-state index contributed by atoms with van der Waals surface area (Å²) in [4.78, 5) is 25.7. The SMILES string of the molecule is COc1nnc(-c2ccc(N3CCOCC3)c(NC(=O)c3ccc([N+](=O)[O-])cc3)c2)c2ccccc12. The maximum Gasteiger partial charge on any atom is 0.269 e. The molecule has 2 heterocycles. The van der Waals surface area contributed by atoms with Crippen molar-refractivity contribution < 1.29 is 19.2 Å². The number of nitro benzene ring substituents is 1. The zero-order valence-electron chi connectivity index (χ0n) is 19.5. The molecule has 10 heteroatoms. The number of amides is 1. The van der Waals surface area contributed by atoms with Gasteiger partial charge in [0, 0.05) is 47.1 Å². The fraction of sp³-hybridized carbons (Fsp3) is 0.192. The number of aromatic nitrogens is 2. The van der Waals surface area contributed by atoms with Crippen molar-refractivity contribution in [3.05, 3.63) is 82.4 Å². The first-order valence-electron chi connectivity index (χ1n) is 11.4. The number of benzene rings is 3. The summed E-state index contributed by atoms with van der Waals surface area (Å²) in [6.07, 6.45) is 0. The summed E-state index contributed by atoms with van der Waals surface area (Å²) in [5.41, 5.74) is 3.12. The third-order valence-corrected chi connectivity index (χ3v) is 6.06. The lowest BCUT2D eigenvalue weighted by molar-refractivity contribution is -0.384. The summed E-state index contributed by atoms with van der Waals surface area (Å²) < 4.78 is 10.9. The van der Waals surface area contributed by atoms with Crippen LogP contribution in [0.1, 0.15) is 10.4 Å². The topological polar surface area (TPSA) is 120 Å². The van der Waals surface area contributed by atoms with E-state index in [-0.39, 0.29) is 11.6 Å². The van der Waals surface area contributed by atoms with Gasteiger partial charge in [0.25, 0.3) is 11.6 Å². The number of fused-ring (bicyclic) bond motifs is 1. The number of hydrogen-bond donors (Lipinski definition) is 1. The second kappa shape index (κ2) is 9.96. The molecule has 0 atom stereocenters. The molecule has 4 aromatic rings. The Bertz CT molecular complexity index is 1430. The van der Waals surface area contributed by atoms with E-state index in [2.05, 4.69) is 20.4 Å². The number of morpholine rings is 1. The molecule has 1 aromatic heterocycles. The van der Waals surface area contributed by atoms with Gasteiger partial charge in [0.05, 0.1) is 36.6 Å². The van der Waals surface area contributed by atoms with Crippen molar-refractivity contribution in [3.63, 3.8) is 0 Å². The van der Waals surface area contributed by atoms with Crippen LogP contribution in [0.3, 0.4) is 0 Å². The number of methoxy groups -OCH3 is 1. The number of carbonyl (C=O) groups excluding carboxylic acids is 1. The zero-order chi connectivity index (χ0) is 25.1. The van der Waals surface area contributed by atoms with Crippen molar-refractivity contribution in [3.8, 4) is 17.1 Å². The van der Waals surface area contributed by atoms with E-state index in [0.717, 1.165) is 22.0 Å². The van der Waals surface area contributed by atoms with Crippen molar-refractivity contribution >= 4 is 33.7 Å². The lowest BCUT2D eigenvalue weighted by Crippen LogP contribution is -2.36. The summed E-state index contributed by atoms with van der Waals surface area (Å²) >= 11 is 0. The van der Waals surface area contributed by atoms with Gasteiger partial charge in [0.2, 0.25) is 5.88 Å². The quantitative estimate of drug-likeness (QED) is 0.317. The van der Waals surface area contributed by atoms with E-state index >= 15 is 0 Å². The van der Waals surface area contributed by atoms with E-state index in [1.165, 1.54) is 24.3 Å². The van der Waals surface area contributed by atoms with E-state index in [0.29, 0.717) is 49.1 Å². The van der Waals surface area contributed by atoms with Crippen LogP contribution in [0, 0.1) is 10.1 Å². The van der Waals surface area contributed by atoms with Gasteiger partial charge in [0.1, 0.15) is 5.69 Å². The Morgan fingerprint density at radius 3 is 2.44 bits per heavy atom. The molecular weight excluding hydrogens is 462 g/mol. The molecule has 0 saturated carbocycles. The third-order valence-electron chi connectivity index (χ3n) is 6.06. The fourth-order valence-corrected chi connectivity index (χ4v) is 4.24. The zero-order valence-corrected chi connectivity index (χ0v) is 19.5. The number of nitro groups is 1. The van der Waals surface area contributed by atoms with Gasteiger partial charge in [-0.25, -0.2) is 0 Å². The Balaban J connectivity index is 1.56. The highest BCUT2D eigenvalue weighted by Crippen LogP contribution is 2.36. The summed E-state index contributed by atoms with van der Waals surface area (Å²) in [6.45, 7) is 2.55. The highest BCUT2D eigenvalue weighted by atomic mass is 16.6. The van der Waals surface area contributed by atoms with Gasteiger partial charge in [-0.2, -0.15) is 0 Å². The minimum atomic E-state index is -0.498. The predicted octanol–water partition coefficient (Wildman–Crippen LogP) is 4.30. The first-order chi connectivity index (χ1) is 17.5. The van der Waals surface area contributed by atoms with E-state index in [4.69, 9.17) is 9.47 Å². The van der Waals surface area contributed by atoms with Crippen molar-refractivity contribution in [2.24, 2.45) is 0 Å². The van der Waals surface area contributed by atoms with Gasteiger partial charge >= 0.3 is 0 Å². The second-order valence-corrected chi connectivity index (χ2v) is 8.19. The van der Waals surface area contributed by atoms with Crippen molar-refractivity contribution in [2.45, 2.75) is 0 Å². The number of nitrogens with zero attached hydrogens (tertiary/aromatic N) is 4. The van der Waals surface area contributed by atoms with Crippen LogP contribution in [0.5, 0.6) is 5.88 Å². The normalized spacial score (nSPS) is 13.4. The molecule has 1 aliphatic heterocycles. The van der Waals surface area contributed by atoms with Gasteiger partial charge in [-0.15, -0.1) is 10.2 Å². The third kappa shape index (κ3) is 4.53. The van der Waals surface area contributed by atoms with Gasteiger partial charge in [-0.1, -0.05) is 24.3 Å². The largest absolute Gasteiger partial charge is 0.479 e. The van der Waals surface area contributed by atoms with E-state index in [1.807, 2.05) is 42.5 Å². The van der Waals surface area contributed by atoms with Gasteiger partial charge in [-0.05, 0) is 30.3 Å². The lowest BCUT2D eigenvalue weighted by Gasteiger charge is -2.31. The van der Waals surface area contributed by atoms with Crippen LogP contribution in [0.15, 0.2) is 66.7 Å². The number of carbonyl (C=O) groups is 1. The molecule has 182 valence electrons. The number of anilines is 2. The van der Waals surface area contributed by atoms with E-state index < -0.39 is 4.92 Å². The molecule has 0 unspecified atom stereocenters. The predicted molar refractivity (Wildman–Crippen MR) is 136 cm³/mol. The Morgan fingerprint density at radius 2 is 1.75 bits per heavy atom. The molecule has 36 heavy (non-hydrogen) atoms. The molecular formula is C26H23N5O5. The van der Waals surface area contributed by atoms with Crippen LogP contribution < -0.4 is 15.0 Å². The Kier molecular flexibility index (Phi) is 6.42. The molecule has 0 bridgehead atoms. The molecule has 1 saturated heterocycles. The molecule has 3 aromatic carbocycles. The highest BCUT2D eigenvalue weighted by Gasteiger charge is 2.20. The Morgan fingerprint density at radius 1 is 1.03 bits per heavy atom. The monoisotopic (exact) mass is 485 g/mol. The van der Waals surface area contributed by atoms with Gasteiger partial charge in [-0.3, -0.25) is 14.9 Å². The molecule has 0 radical (unpaired) electrons. The van der Waals surface area contributed by atoms with E-state index in [1.54, 1.807) is 7.11 Å². The van der Waals surface area contributed by atoms with Crippen LogP contribution in [0.2, 0.25) is 0 Å². The van der Waals surface area contributed by atoms with Crippen LogP contribution >= 0.6 is 0 Å². The second-order valence-electron chi connectivity index (χ2n) is 8.19. The van der Waals surface area contributed by atoms with Gasteiger partial charge < -0.3 is 19.7 Å². The van der Waals surface area contributed by atoms with Crippen LogP contribution in [0.25, 0.3) is 22.0 Å². The first-order valence-corrected chi connectivity index (χ1v) is 11.4. The number of non-ortho nitro benzene ring substituents is 1. The van der Waals surface area contributed by atoms with E-state index in [9.17, 15) is 14.9 Å². The standard InChI is InChI=1S/C26H23N5O5/c1-35-26-21-5-3-2-4-20(21)24(28-29-26)18-8-11-23(30-12-14-36-15-13-30)22(16-18)27-25(32)17-6-9-19(10-7-17)31(33)34/h2-11,16H,12-15H2,1H3,(H,27,32). The highest BCUT2D eigenvalue weighted by molar-refractivity contribution is 6.07. The summed E-state index contributed by atoms with van der Waals surface area (Å²) in [6, 6.07) is 19.0. The maximum atomic E-state index is 13.1.